The van der Waals surface area contributed by atoms with E-state index in [-0.39, 0.29) is 23.8 Å². The van der Waals surface area contributed by atoms with Crippen LogP contribution in [0.1, 0.15) is 30.5 Å². The molecule has 1 atom stereocenters. The predicted octanol–water partition coefficient (Wildman–Crippen LogP) is 5.11. The van der Waals surface area contributed by atoms with Gasteiger partial charge in [0.05, 0.1) is 23.0 Å². The highest BCUT2D eigenvalue weighted by atomic mass is 32.2. The van der Waals surface area contributed by atoms with Crippen LogP contribution in [-0.4, -0.2) is 44.3 Å². The second-order valence-corrected chi connectivity index (χ2v) is 11.3. The van der Waals surface area contributed by atoms with Gasteiger partial charge in [0.15, 0.2) is 6.61 Å². The van der Waals surface area contributed by atoms with Crippen molar-refractivity contribution in [2.75, 3.05) is 24.6 Å². The fraction of sp³-hybridized carbons (Fsp3) is 0.226. The van der Waals surface area contributed by atoms with Crippen LogP contribution in [0.2, 0.25) is 0 Å². The minimum atomic E-state index is -3.85. The standard InChI is InChI=1S/C31H30N2O5S/c1-2-32(28-18-10-13-23-11-6-8-16-26(23)28)30(34)22-38-31(35)21-29-27-17-9-7-12-24(27)19-20-33(29)39(36,37)25-14-4-3-5-15-25/h3-18,29H,2,19-22H2,1H3/t29-/m1/s1. The number of hydrogen-bond acceptors (Lipinski definition) is 5. The van der Waals surface area contributed by atoms with Gasteiger partial charge < -0.3 is 9.64 Å². The third-order valence-electron chi connectivity index (χ3n) is 7.10. The van der Waals surface area contributed by atoms with E-state index in [0.717, 1.165) is 27.6 Å². The number of likely N-dealkylation sites (N-methyl/N-ethyl adjacent to an activating group) is 1. The normalized spacial score (nSPS) is 15.5. The third-order valence-corrected chi connectivity index (χ3v) is 9.03. The Morgan fingerprint density at radius 3 is 2.38 bits per heavy atom. The van der Waals surface area contributed by atoms with E-state index in [1.807, 2.05) is 73.7 Å². The number of sulfonamides is 1. The molecular weight excluding hydrogens is 512 g/mol. The Labute approximate surface area is 228 Å². The summed E-state index contributed by atoms with van der Waals surface area (Å²) in [6.45, 7) is 2.09. The summed E-state index contributed by atoms with van der Waals surface area (Å²) in [4.78, 5) is 28.0. The summed E-state index contributed by atoms with van der Waals surface area (Å²) in [5, 5.41) is 1.94. The third kappa shape index (κ3) is 5.44. The van der Waals surface area contributed by atoms with Crippen molar-refractivity contribution in [1.29, 1.82) is 0 Å². The zero-order valence-electron chi connectivity index (χ0n) is 21.7. The number of esters is 1. The number of nitrogens with zero attached hydrogens (tertiary/aromatic N) is 2. The van der Waals surface area contributed by atoms with Crippen LogP contribution >= 0.6 is 0 Å². The first kappa shape index (κ1) is 26.6. The van der Waals surface area contributed by atoms with E-state index in [9.17, 15) is 18.0 Å². The SMILES string of the molecule is CCN(C(=O)COC(=O)C[C@@H]1c2ccccc2CCN1S(=O)(=O)c1ccccc1)c1cccc2ccccc12. The van der Waals surface area contributed by atoms with Gasteiger partial charge in [0.2, 0.25) is 10.0 Å². The minimum Gasteiger partial charge on any atom is -0.455 e. The lowest BCUT2D eigenvalue weighted by atomic mass is 9.92. The quantitative estimate of drug-likeness (QED) is 0.289. The van der Waals surface area contributed by atoms with Crippen LogP contribution in [0.4, 0.5) is 5.69 Å². The van der Waals surface area contributed by atoms with Gasteiger partial charge in [0, 0.05) is 18.5 Å². The van der Waals surface area contributed by atoms with E-state index >= 15 is 0 Å². The van der Waals surface area contributed by atoms with Gasteiger partial charge in [-0.15, -0.1) is 0 Å². The smallest absolute Gasteiger partial charge is 0.308 e. The summed E-state index contributed by atoms with van der Waals surface area (Å²) in [6, 6.07) is 28.6. The van der Waals surface area contributed by atoms with Crippen molar-refractivity contribution in [3.8, 4) is 0 Å². The molecular formula is C31H30N2O5S. The summed E-state index contributed by atoms with van der Waals surface area (Å²) in [7, 11) is -3.85. The summed E-state index contributed by atoms with van der Waals surface area (Å²) in [5.74, 6) is -0.979. The number of ether oxygens (including phenoxy) is 1. The Kier molecular flexibility index (Phi) is 7.77. The van der Waals surface area contributed by atoms with Gasteiger partial charge in [-0.2, -0.15) is 4.31 Å². The van der Waals surface area contributed by atoms with Crippen molar-refractivity contribution in [3.63, 3.8) is 0 Å². The number of anilines is 1. The Hall–Kier alpha value is -4.01. The first-order valence-electron chi connectivity index (χ1n) is 13.0. The summed E-state index contributed by atoms with van der Waals surface area (Å²) in [6.07, 6.45) is 0.347. The topological polar surface area (TPSA) is 84.0 Å². The van der Waals surface area contributed by atoms with Crippen molar-refractivity contribution in [2.24, 2.45) is 0 Å². The molecule has 5 rings (SSSR count). The molecule has 4 aromatic rings. The Balaban J connectivity index is 1.34. The summed E-state index contributed by atoms with van der Waals surface area (Å²) < 4.78 is 34.0. The zero-order valence-corrected chi connectivity index (χ0v) is 22.5. The summed E-state index contributed by atoms with van der Waals surface area (Å²) in [5.41, 5.74) is 2.52. The van der Waals surface area contributed by atoms with E-state index in [1.165, 1.54) is 4.31 Å². The molecule has 0 fully saturated rings. The van der Waals surface area contributed by atoms with Gasteiger partial charge in [-0.25, -0.2) is 8.42 Å². The lowest BCUT2D eigenvalue weighted by Crippen LogP contribution is -2.41. The molecule has 1 heterocycles. The maximum atomic E-state index is 13.6. The lowest BCUT2D eigenvalue weighted by molar-refractivity contribution is -0.148. The highest BCUT2D eigenvalue weighted by Crippen LogP contribution is 2.36. The van der Waals surface area contributed by atoms with Gasteiger partial charge in [0.25, 0.3) is 5.91 Å². The first-order chi connectivity index (χ1) is 18.9. The fourth-order valence-corrected chi connectivity index (χ4v) is 6.84. The number of carbonyl (C=O) groups is 2. The molecule has 1 aliphatic heterocycles. The zero-order chi connectivity index (χ0) is 27.4. The van der Waals surface area contributed by atoms with Crippen LogP contribution in [0.25, 0.3) is 10.8 Å². The van der Waals surface area contributed by atoms with Gasteiger partial charge in [0.1, 0.15) is 0 Å². The maximum Gasteiger partial charge on any atom is 0.308 e. The largest absolute Gasteiger partial charge is 0.455 e. The molecule has 1 aliphatic rings. The van der Waals surface area contributed by atoms with Gasteiger partial charge >= 0.3 is 5.97 Å². The van der Waals surface area contributed by atoms with Crippen molar-refractivity contribution in [1.82, 2.24) is 4.31 Å². The van der Waals surface area contributed by atoms with Crippen LogP contribution in [0.15, 0.2) is 102 Å². The second kappa shape index (κ2) is 11.4. The Morgan fingerprint density at radius 1 is 0.897 bits per heavy atom. The molecule has 0 aromatic heterocycles. The summed E-state index contributed by atoms with van der Waals surface area (Å²) >= 11 is 0. The minimum absolute atomic E-state index is 0.173. The monoisotopic (exact) mass is 542 g/mol. The number of rotatable bonds is 8. The van der Waals surface area contributed by atoms with Crippen molar-refractivity contribution in [2.45, 2.75) is 30.7 Å². The number of hydrogen-bond donors (Lipinski definition) is 0. The van der Waals surface area contributed by atoms with Gasteiger partial charge in [-0.05, 0) is 48.1 Å². The average Bonchev–Trinajstić information content (AvgIpc) is 2.97. The second-order valence-electron chi connectivity index (χ2n) is 9.39. The van der Waals surface area contributed by atoms with Crippen molar-refractivity contribution < 1.29 is 22.7 Å². The van der Waals surface area contributed by atoms with Crippen LogP contribution in [0.3, 0.4) is 0 Å². The van der Waals surface area contributed by atoms with Crippen LogP contribution < -0.4 is 4.90 Å². The number of carbonyl (C=O) groups excluding carboxylic acids is 2. The Bertz CT molecular complexity index is 1600. The molecule has 200 valence electrons. The molecule has 4 aromatic carbocycles. The Morgan fingerprint density at radius 2 is 1.59 bits per heavy atom. The molecule has 0 radical (unpaired) electrons. The molecule has 0 bridgehead atoms. The molecule has 7 nitrogen and oxygen atoms in total. The molecule has 0 N–H and O–H groups in total. The van der Waals surface area contributed by atoms with Gasteiger partial charge in [-0.1, -0.05) is 78.9 Å². The molecule has 0 saturated carbocycles. The van der Waals surface area contributed by atoms with Crippen LogP contribution in [-0.2, 0) is 30.8 Å². The predicted molar refractivity (Wildman–Crippen MR) is 151 cm³/mol. The number of benzene rings is 4. The van der Waals surface area contributed by atoms with Gasteiger partial charge in [-0.3, -0.25) is 9.59 Å². The number of amides is 1. The first-order valence-corrected chi connectivity index (χ1v) is 14.4. The maximum absolute atomic E-state index is 13.6. The number of fused-ring (bicyclic) bond motifs is 2. The molecule has 39 heavy (non-hydrogen) atoms. The lowest BCUT2D eigenvalue weighted by Gasteiger charge is -2.36. The molecule has 0 saturated heterocycles. The van der Waals surface area contributed by atoms with E-state index < -0.39 is 28.6 Å². The molecule has 8 heteroatoms. The molecule has 0 aliphatic carbocycles. The van der Waals surface area contributed by atoms with Crippen molar-refractivity contribution in [3.05, 3.63) is 108 Å². The highest BCUT2D eigenvalue weighted by Gasteiger charge is 2.38. The fourth-order valence-electron chi connectivity index (χ4n) is 5.22. The van der Waals surface area contributed by atoms with E-state index in [0.29, 0.717) is 13.0 Å². The molecule has 1 amide bonds. The van der Waals surface area contributed by atoms with E-state index in [4.69, 9.17) is 4.74 Å². The van der Waals surface area contributed by atoms with E-state index in [1.54, 1.807) is 35.2 Å². The molecule has 0 unspecified atom stereocenters. The van der Waals surface area contributed by atoms with Crippen molar-refractivity contribution >= 4 is 38.4 Å². The van der Waals surface area contributed by atoms with Crippen LogP contribution in [0.5, 0.6) is 0 Å². The molecule has 0 spiro atoms. The average molecular weight is 543 g/mol. The highest BCUT2D eigenvalue weighted by molar-refractivity contribution is 7.89. The van der Waals surface area contributed by atoms with Crippen LogP contribution in [0, 0.1) is 0 Å². The van der Waals surface area contributed by atoms with E-state index in [2.05, 4.69) is 0 Å².